The summed E-state index contributed by atoms with van der Waals surface area (Å²) in [5.41, 5.74) is 0.656. The third kappa shape index (κ3) is 6.07. The molecule has 8 nitrogen and oxygen atoms in total. The first-order chi connectivity index (χ1) is 16.0. The fourth-order valence-electron chi connectivity index (χ4n) is 3.42. The Kier molecular flexibility index (Phi) is 7.83. The number of carboxylic acid groups (broad SMARTS) is 1. The smallest absolute Gasteiger partial charge is 0.326 e. The van der Waals surface area contributed by atoms with Crippen LogP contribution in [0.5, 0.6) is 11.5 Å². The minimum absolute atomic E-state index is 0.00338. The second kappa shape index (κ2) is 10.6. The zero-order valence-electron chi connectivity index (χ0n) is 19.5. The second-order valence-electron chi connectivity index (χ2n) is 8.76. The Morgan fingerprint density at radius 2 is 1.91 bits per heavy atom. The van der Waals surface area contributed by atoms with Gasteiger partial charge in [-0.25, -0.2) is 13.6 Å². The summed E-state index contributed by atoms with van der Waals surface area (Å²) < 4.78 is 35.0. The van der Waals surface area contributed by atoms with E-state index >= 15 is 0 Å². The molecular formula is C24H28F2N4O4. The number of aliphatic carboxylic acids is 1. The molecule has 0 fully saturated rings. The van der Waals surface area contributed by atoms with Gasteiger partial charge >= 0.3 is 5.97 Å². The highest BCUT2D eigenvalue weighted by Crippen LogP contribution is 2.32. The summed E-state index contributed by atoms with van der Waals surface area (Å²) in [5.74, 6) is -3.55. The van der Waals surface area contributed by atoms with Crippen LogP contribution in [-0.2, 0) is 11.3 Å². The Morgan fingerprint density at radius 3 is 2.53 bits per heavy atom. The number of carboxylic acids is 1. The highest BCUT2D eigenvalue weighted by Gasteiger charge is 2.24. The first-order valence-corrected chi connectivity index (χ1v) is 10.9. The number of carbonyl (C=O) groups excluding carboxylic acids is 1. The lowest BCUT2D eigenvalue weighted by molar-refractivity contribution is -0.139. The fourth-order valence-corrected chi connectivity index (χ4v) is 3.42. The third-order valence-corrected chi connectivity index (χ3v) is 5.11. The summed E-state index contributed by atoms with van der Waals surface area (Å²) in [6, 6.07) is 4.78. The van der Waals surface area contributed by atoms with Gasteiger partial charge in [0.15, 0.2) is 11.6 Å². The predicted molar refractivity (Wildman–Crippen MR) is 123 cm³/mol. The van der Waals surface area contributed by atoms with E-state index in [0.29, 0.717) is 30.1 Å². The summed E-state index contributed by atoms with van der Waals surface area (Å²) in [5, 5.41) is 17.1. The lowest BCUT2D eigenvalue weighted by Gasteiger charge is -2.18. The van der Waals surface area contributed by atoms with Gasteiger partial charge in [0.2, 0.25) is 0 Å². The van der Waals surface area contributed by atoms with Crippen molar-refractivity contribution < 1.29 is 28.2 Å². The van der Waals surface area contributed by atoms with Gasteiger partial charge in [0.1, 0.15) is 17.6 Å². The normalized spacial score (nSPS) is 12.4. The van der Waals surface area contributed by atoms with Crippen LogP contribution in [0.15, 0.2) is 36.5 Å². The van der Waals surface area contributed by atoms with E-state index in [4.69, 9.17) is 4.74 Å². The molecule has 1 amide bonds. The predicted octanol–water partition coefficient (Wildman–Crippen LogP) is 3.90. The van der Waals surface area contributed by atoms with Crippen molar-refractivity contribution in [3.05, 3.63) is 53.7 Å². The van der Waals surface area contributed by atoms with E-state index in [1.165, 1.54) is 6.07 Å². The highest BCUT2D eigenvalue weighted by atomic mass is 19.1. The van der Waals surface area contributed by atoms with Crippen LogP contribution in [0.25, 0.3) is 10.9 Å². The quantitative estimate of drug-likeness (QED) is 0.463. The molecule has 3 aromatic rings. The Labute approximate surface area is 196 Å². The summed E-state index contributed by atoms with van der Waals surface area (Å²) in [6.45, 7) is 5.09. The summed E-state index contributed by atoms with van der Waals surface area (Å²) in [6.07, 6.45) is 1.79. The number of carbonyl (C=O) groups is 2. The SMILES string of the molecule is CC(C)Cn1ncc2cc(Oc3ccc(F)cc3F)c(C(=O)NC(CCN(C)C)C(=O)O)cc21. The highest BCUT2D eigenvalue weighted by molar-refractivity contribution is 6.02. The zero-order chi connectivity index (χ0) is 25.0. The van der Waals surface area contributed by atoms with E-state index in [9.17, 15) is 23.5 Å². The molecule has 1 unspecified atom stereocenters. The average Bonchev–Trinajstić information content (AvgIpc) is 3.12. The molecule has 0 bridgehead atoms. The van der Waals surface area contributed by atoms with Gasteiger partial charge in [-0.1, -0.05) is 13.8 Å². The number of ether oxygens (including phenoxy) is 1. The molecule has 1 aromatic heterocycles. The van der Waals surface area contributed by atoms with Crippen LogP contribution in [0.3, 0.4) is 0 Å². The number of rotatable bonds is 10. The Morgan fingerprint density at radius 1 is 1.18 bits per heavy atom. The molecule has 10 heteroatoms. The molecule has 2 N–H and O–H groups in total. The second-order valence-corrected chi connectivity index (χ2v) is 8.76. The average molecular weight is 475 g/mol. The van der Waals surface area contributed by atoms with Gasteiger partial charge in [-0.2, -0.15) is 5.10 Å². The van der Waals surface area contributed by atoms with Gasteiger partial charge in [-0.15, -0.1) is 0 Å². The number of hydrogen-bond donors (Lipinski definition) is 2. The van der Waals surface area contributed by atoms with Crippen molar-refractivity contribution >= 4 is 22.8 Å². The van der Waals surface area contributed by atoms with E-state index in [1.54, 1.807) is 31.0 Å². The first-order valence-electron chi connectivity index (χ1n) is 10.9. The van der Waals surface area contributed by atoms with Gasteiger partial charge < -0.3 is 20.1 Å². The Bertz CT molecular complexity index is 1190. The number of amides is 1. The summed E-state index contributed by atoms with van der Waals surface area (Å²) in [4.78, 5) is 26.7. The molecule has 0 saturated carbocycles. The number of aromatic nitrogens is 2. The van der Waals surface area contributed by atoms with Gasteiger partial charge in [0, 0.05) is 24.5 Å². The fraction of sp³-hybridized carbons (Fsp3) is 0.375. The number of halogens is 2. The number of nitrogens with one attached hydrogen (secondary N) is 1. The lowest BCUT2D eigenvalue weighted by Crippen LogP contribution is -2.42. The monoisotopic (exact) mass is 474 g/mol. The van der Waals surface area contributed by atoms with E-state index in [2.05, 4.69) is 10.4 Å². The van der Waals surface area contributed by atoms with Crippen molar-refractivity contribution in [1.82, 2.24) is 20.0 Å². The van der Waals surface area contributed by atoms with E-state index in [-0.39, 0.29) is 29.4 Å². The van der Waals surface area contributed by atoms with E-state index < -0.39 is 29.6 Å². The lowest BCUT2D eigenvalue weighted by atomic mass is 10.1. The molecule has 3 rings (SSSR count). The Balaban J connectivity index is 2.03. The topological polar surface area (TPSA) is 96.7 Å². The molecule has 0 aliphatic rings. The number of hydrogen-bond acceptors (Lipinski definition) is 5. The first kappa shape index (κ1) is 25.1. The van der Waals surface area contributed by atoms with Crippen molar-refractivity contribution in [3.8, 4) is 11.5 Å². The zero-order valence-corrected chi connectivity index (χ0v) is 19.5. The van der Waals surface area contributed by atoms with Crippen LogP contribution in [0.1, 0.15) is 30.6 Å². The molecule has 1 atom stereocenters. The molecule has 34 heavy (non-hydrogen) atoms. The number of nitrogens with zero attached hydrogens (tertiary/aromatic N) is 3. The minimum Gasteiger partial charge on any atom is -0.480 e. The maximum atomic E-state index is 14.3. The number of benzene rings is 2. The van der Waals surface area contributed by atoms with Crippen molar-refractivity contribution in [2.75, 3.05) is 20.6 Å². The van der Waals surface area contributed by atoms with E-state index in [1.807, 2.05) is 18.7 Å². The van der Waals surface area contributed by atoms with Gasteiger partial charge in [-0.05, 0) is 50.7 Å². The molecular weight excluding hydrogens is 446 g/mol. The molecule has 1 heterocycles. The molecule has 0 saturated heterocycles. The standard InChI is InChI=1S/C24H28F2N4O4/c1-14(2)13-30-20-11-17(23(31)28-19(24(32)33)7-8-29(3)4)22(9-15(20)12-27-30)34-21-6-5-16(25)10-18(21)26/h5-6,9-12,14,19H,7-8,13H2,1-4H3,(H,28,31)(H,32,33). The van der Waals surface area contributed by atoms with Crippen molar-refractivity contribution in [1.29, 1.82) is 0 Å². The van der Waals surface area contributed by atoms with Crippen LogP contribution in [0.4, 0.5) is 8.78 Å². The molecule has 182 valence electrons. The minimum atomic E-state index is -1.17. The van der Waals surface area contributed by atoms with Gasteiger partial charge in [0.05, 0.1) is 17.3 Å². The third-order valence-electron chi connectivity index (χ3n) is 5.11. The van der Waals surface area contributed by atoms with E-state index in [0.717, 1.165) is 12.1 Å². The largest absolute Gasteiger partial charge is 0.480 e. The number of fused-ring (bicyclic) bond motifs is 1. The van der Waals surface area contributed by atoms with Crippen LogP contribution in [-0.4, -0.2) is 58.3 Å². The molecule has 0 spiro atoms. The van der Waals surface area contributed by atoms with Crippen molar-refractivity contribution in [2.45, 2.75) is 32.9 Å². The van der Waals surface area contributed by atoms with Crippen molar-refractivity contribution in [3.63, 3.8) is 0 Å². The molecule has 0 radical (unpaired) electrons. The van der Waals surface area contributed by atoms with Crippen LogP contribution in [0.2, 0.25) is 0 Å². The van der Waals surface area contributed by atoms with Crippen LogP contribution < -0.4 is 10.1 Å². The van der Waals surface area contributed by atoms with Crippen LogP contribution in [0, 0.1) is 17.6 Å². The molecule has 0 aliphatic heterocycles. The maximum absolute atomic E-state index is 14.3. The molecule has 0 aliphatic carbocycles. The summed E-state index contributed by atoms with van der Waals surface area (Å²) in [7, 11) is 3.60. The van der Waals surface area contributed by atoms with Gasteiger partial charge in [0.25, 0.3) is 5.91 Å². The maximum Gasteiger partial charge on any atom is 0.326 e. The van der Waals surface area contributed by atoms with Gasteiger partial charge in [-0.3, -0.25) is 9.48 Å². The molecule has 2 aromatic carbocycles. The van der Waals surface area contributed by atoms with Crippen LogP contribution >= 0.6 is 0 Å². The van der Waals surface area contributed by atoms with Crippen molar-refractivity contribution in [2.24, 2.45) is 5.92 Å². The Hall–Kier alpha value is -3.53. The summed E-state index contributed by atoms with van der Waals surface area (Å²) >= 11 is 0.